The Labute approximate surface area is 172 Å². The topological polar surface area (TPSA) is 110 Å². The number of carbonyl (C=O) groups is 2. The minimum absolute atomic E-state index is 0. The van der Waals surface area contributed by atoms with Crippen LogP contribution in [0.15, 0.2) is 0 Å². The van der Waals surface area contributed by atoms with Crippen LogP contribution in [0.2, 0.25) is 0 Å². The summed E-state index contributed by atoms with van der Waals surface area (Å²) in [6.07, 6.45) is 6.82. The minimum Gasteiger partial charge on any atom is -0.747 e. The Morgan fingerprint density at radius 3 is 2.32 bits per heavy atom. The van der Waals surface area contributed by atoms with Gasteiger partial charge in [-0.2, -0.15) is 0 Å². The molecule has 1 aliphatic rings. The van der Waals surface area contributed by atoms with Gasteiger partial charge in [-0.05, 0) is 32.1 Å². The Morgan fingerprint density at radius 1 is 1.12 bits per heavy atom. The van der Waals surface area contributed by atoms with E-state index in [1.165, 1.54) is 0 Å². The van der Waals surface area contributed by atoms with Gasteiger partial charge < -0.3 is 14.0 Å². The van der Waals surface area contributed by atoms with Crippen LogP contribution in [-0.4, -0.2) is 42.9 Å². The maximum absolute atomic E-state index is 11.9. The van der Waals surface area contributed by atoms with E-state index >= 15 is 0 Å². The molecule has 1 aliphatic carbocycles. The van der Waals surface area contributed by atoms with E-state index in [1.807, 2.05) is 6.92 Å². The molecule has 0 spiro atoms. The standard InChI is InChI=1S/C16H28O7S.Na/c1-2-3-4-8-11-22-16(18)14(24(19,20)21)12-15(17)23-13-9-6-5-7-10-13;/h13-14H,2-12H2,1H3,(H,19,20,21);/q;+1/p-1. The first-order valence-corrected chi connectivity index (χ1v) is 10.1. The molecular weight excluding hydrogens is 359 g/mol. The number of hydrogen-bond acceptors (Lipinski definition) is 7. The summed E-state index contributed by atoms with van der Waals surface area (Å²) < 4.78 is 43.8. The number of ether oxygens (including phenoxy) is 2. The fourth-order valence-corrected chi connectivity index (χ4v) is 3.31. The maximum atomic E-state index is 11.9. The minimum atomic E-state index is -4.97. The van der Waals surface area contributed by atoms with E-state index in [4.69, 9.17) is 9.47 Å². The van der Waals surface area contributed by atoms with Gasteiger partial charge in [0.05, 0.1) is 13.0 Å². The van der Waals surface area contributed by atoms with E-state index in [2.05, 4.69) is 0 Å². The molecule has 0 N–H and O–H groups in total. The molecule has 140 valence electrons. The summed E-state index contributed by atoms with van der Waals surface area (Å²) in [5.41, 5.74) is 0. The zero-order valence-corrected chi connectivity index (χ0v) is 18.0. The van der Waals surface area contributed by atoms with Crippen molar-refractivity contribution in [2.75, 3.05) is 6.61 Å². The number of rotatable bonds is 10. The Morgan fingerprint density at radius 2 is 1.76 bits per heavy atom. The van der Waals surface area contributed by atoms with Gasteiger partial charge in [0.15, 0.2) is 5.25 Å². The molecule has 1 fully saturated rings. The summed E-state index contributed by atoms with van der Waals surface area (Å²) >= 11 is 0. The molecule has 1 unspecified atom stereocenters. The van der Waals surface area contributed by atoms with Crippen LogP contribution < -0.4 is 29.6 Å². The molecule has 1 saturated carbocycles. The second kappa shape index (κ2) is 13.1. The molecule has 1 atom stereocenters. The van der Waals surface area contributed by atoms with Gasteiger partial charge in [-0.15, -0.1) is 0 Å². The first kappa shape index (κ1) is 24.8. The number of esters is 2. The van der Waals surface area contributed by atoms with Crippen molar-refractivity contribution >= 4 is 22.1 Å². The third-order valence-electron chi connectivity index (χ3n) is 4.06. The summed E-state index contributed by atoms with van der Waals surface area (Å²) in [4.78, 5) is 23.7. The Balaban J connectivity index is 0.00000576. The number of carbonyl (C=O) groups excluding carboxylic acids is 2. The fourth-order valence-electron chi connectivity index (χ4n) is 2.67. The molecule has 0 aromatic heterocycles. The average molecular weight is 386 g/mol. The Bertz CT molecular complexity index is 501. The Kier molecular flexibility index (Phi) is 13.0. The van der Waals surface area contributed by atoms with Crippen LogP contribution in [0.1, 0.15) is 71.1 Å². The van der Waals surface area contributed by atoms with Gasteiger partial charge in [0.1, 0.15) is 16.2 Å². The van der Waals surface area contributed by atoms with E-state index in [0.29, 0.717) is 6.42 Å². The van der Waals surface area contributed by atoms with Crippen molar-refractivity contribution in [1.29, 1.82) is 0 Å². The molecule has 0 amide bonds. The monoisotopic (exact) mass is 386 g/mol. The SMILES string of the molecule is CCCCCCOC(=O)C(CC(=O)OC1CCCCC1)S(=O)(=O)[O-].[Na+]. The van der Waals surface area contributed by atoms with Crippen molar-refractivity contribution in [3.8, 4) is 0 Å². The second-order valence-corrected chi connectivity index (χ2v) is 7.72. The van der Waals surface area contributed by atoms with Gasteiger partial charge in [-0.25, -0.2) is 8.42 Å². The quantitative estimate of drug-likeness (QED) is 0.211. The zero-order valence-electron chi connectivity index (χ0n) is 15.2. The van der Waals surface area contributed by atoms with E-state index in [1.54, 1.807) is 0 Å². The first-order chi connectivity index (χ1) is 11.3. The largest absolute Gasteiger partial charge is 1.00 e. The van der Waals surface area contributed by atoms with Gasteiger partial charge in [0, 0.05) is 0 Å². The maximum Gasteiger partial charge on any atom is 1.00 e. The van der Waals surface area contributed by atoms with Crippen LogP contribution in [-0.2, 0) is 29.2 Å². The molecule has 0 aliphatic heterocycles. The second-order valence-electron chi connectivity index (χ2n) is 6.16. The molecule has 0 radical (unpaired) electrons. The van der Waals surface area contributed by atoms with Gasteiger partial charge in [-0.1, -0.05) is 32.6 Å². The summed E-state index contributed by atoms with van der Waals surface area (Å²) in [6.45, 7) is 2.08. The normalized spacial score (nSPS) is 16.6. The molecule has 7 nitrogen and oxygen atoms in total. The fraction of sp³-hybridized carbons (Fsp3) is 0.875. The predicted molar refractivity (Wildman–Crippen MR) is 86.2 cm³/mol. The predicted octanol–water partition coefficient (Wildman–Crippen LogP) is -0.706. The van der Waals surface area contributed by atoms with Crippen molar-refractivity contribution < 1.29 is 61.6 Å². The molecule has 0 bridgehead atoms. The van der Waals surface area contributed by atoms with E-state index in [-0.39, 0.29) is 42.3 Å². The van der Waals surface area contributed by atoms with Crippen molar-refractivity contribution in [1.82, 2.24) is 0 Å². The zero-order chi connectivity index (χ0) is 18.0. The molecule has 9 heteroatoms. The summed E-state index contributed by atoms with van der Waals surface area (Å²) in [5, 5.41) is -2.03. The summed E-state index contributed by atoms with van der Waals surface area (Å²) in [5.74, 6) is -2.00. The molecule has 0 saturated heterocycles. The van der Waals surface area contributed by atoms with Gasteiger partial charge in [0.2, 0.25) is 0 Å². The third-order valence-corrected chi connectivity index (χ3v) is 5.11. The third kappa shape index (κ3) is 10.6. The number of unbranched alkanes of at least 4 members (excludes halogenated alkanes) is 3. The van der Waals surface area contributed by atoms with E-state index in [0.717, 1.165) is 51.4 Å². The van der Waals surface area contributed by atoms with Crippen molar-refractivity contribution in [3.05, 3.63) is 0 Å². The number of hydrogen-bond donors (Lipinski definition) is 0. The van der Waals surface area contributed by atoms with Crippen molar-refractivity contribution in [2.45, 2.75) is 82.5 Å². The van der Waals surface area contributed by atoms with E-state index in [9.17, 15) is 22.6 Å². The van der Waals surface area contributed by atoms with E-state index < -0.39 is 33.7 Å². The first-order valence-electron chi connectivity index (χ1n) is 8.65. The van der Waals surface area contributed by atoms with Crippen LogP contribution in [0.3, 0.4) is 0 Å². The van der Waals surface area contributed by atoms with Crippen LogP contribution in [0.25, 0.3) is 0 Å². The molecule has 1 rings (SSSR count). The molecule has 0 aromatic carbocycles. The molecule has 25 heavy (non-hydrogen) atoms. The molecule has 0 heterocycles. The van der Waals surface area contributed by atoms with Crippen molar-refractivity contribution in [3.63, 3.8) is 0 Å². The smallest absolute Gasteiger partial charge is 0.747 e. The van der Waals surface area contributed by atoms with Crippen LogP contribution in [0.5, 0.6) is 0 Å². The van der Waals surface area contributed by atoms with Gasteiger partial charge >= 0.3 is 41.5 Å². The Hall–Kier alpha value is -0.150. The van der Waals surface area contributed by atoms with Crippen LogP contribution >= 0.6 is 0 Å². The average Bonchev–Trinajstić information content (AvgIpc) is 2.52. The van der Waals surface area contributed by atoms with Crippen LogP contribution in [0, 0.1) is 0 Å². The molecule has 0 aromatic rings. The van der Waals surface area contributed by atoms with Crippen molar-refractivity contribution in [2.24, 2.45) is 0 Å². The van der Waals surface area contributed by atoms with Gasteiger partial charge in [-0.3, -0.25) is 9.59 Å². The van der Waals surface area contributed by atoms with Gasteiger partial charge in [0.25, 0.3) is 0 Å². The summed E-state index contributed by atoms with van der Waals surface area (Å²) in [6, 6.07) is 0. The van der Waals surface area contributed by atoms with Crippen LogP contribution in [0.4, 0.5) is 0 Å². The summed E-state index contributed by atoms with van der Waals surface area (Å²) in [7, 11) is -4.97. The molecular formula is C16H27NaO7S.